The van der Waals surface area contributed by atoms with Crippen LogP contribution in [0.2, 0.25) is 0 Å². The summed E-state index contributed by atoms with van der Waals surface area (Å²) in [6.45, 7) is 13.5. The third kappa shape index (κ3) is 8.00. The predicted molar refractivity (Wildman–Crippen MR) is 225 cm³/mol. The van der Waals surface area contributed by atoms with Gasteiger partial charge in [-0.2, -0.15) is 0 Å². The van der Waals surface area contributed by atoms with Gasteiger partial charge in [0, 0.05) is 71.7 Å². The van der Waals surface area contributed by atoms with E-state index in [1.807, 2.05) is 111 Å². The van der Waals surface area contributed by atoms with Crippen molar-refractivity contribution in [1.29, 1.82) is 0 Å². The van der Waals surface area contributed by atoms with E-state index >= 15 is 0 Å². The number of H-pyrrole nitrogens is 2. The molecule has 0 unspecified atom stereocenters. The van der Waals surface area contributed by atoms with Gasteiger partial charge in [-0.3, -0.25) is 0 Å². The van der Waals surface area contributed by atoms with Crippen LogP contribution in [0.3, 0.4) is 0 Å². The Morgan fingerprint density at radius 3 is 1.74 bits per heavy atom. The molecule has 1 aliphatic carbocycles. The van der Waals surface area contributed by atoms with E-state index in [2.05, 4.69) is 46.5 Å². The molecule has 0 bridgehead atoms. The van der Waals surface area contributed by atoms with E-state index in [0.29, 0.717) is 31.3 Å². The van der Waals surface area contributed by atoms with Crippen LogP contribution < -0.4 is 0 Å². The predicted octanol–water partition coefficient (Wildman–Crippen LogP) is 9.95. The van der Waals surface area contributed by atoms with E-state index in [1.54, 1.807) is 0 Å². The van der Waals surface area contributed by atoms with E-state index in [9.17, 15) is 14.4 Å². The number of rotatable bonds is 4. The number of fused-ring (bicyclic) bond motifs is 4. The molecule has 4 aliphatic rings. The van der Waals surface area contributed by atoms with E-state index < -0.39 is 11.2 Å². The van der Waals surface area contributed by atoms with Crippen LogP contribution >= 0.6 is 0 Å². The summed E-state index contributed by atoms with van der Waals surface area (Å²) in [6, 6.07) is 26.2. The lowest BCUT2D eigenvalue weighted by atomic mass is 9.91. The molecule has 0 radical (unpaired) electrons. The third-order valence-electron chi connectivity index (χ3n) is 12.2. The van der Waals surface area contributed by atoms with Gasteiger partial charge in [0.2, 0.25) is 0 Å². The smallest absolute Gasteiger partial charge is 0.410 e. The minimum absolute atomic E-state index is 0.0413. The van der Waals surface area contributed by atoms with Crippen molar-refractivity contribution < 1.29 is 28.6 Å². The van der Waals surface area contributed by atoms with Crippen LogP contribution in [0.25, 0.3) is 21.8 Å². The highest BCUT2D eigenvalue weighted by Crippen LogP contribution is 2.49. The fraction of sp³-hybridized carbons (Fsp3) is 0.468. The fourth-order valence-electron chi connectivity index (χ4n) is 9.89. The summed E-state index contributed by atoms with van der Waals surface area (Å²) in [4.78, 5) is 51.4. The van der Waals surface area contributed by atoms with Crippen molar-refractivity contribution in [2.45, 2.75) is 115 Å². The van der Waals surface area contributed by atoms with Crippen molar-refractivity contribution in [2.24, 2.45) is 5.92 Å². The monoisotopic (exact) mass is 787 g/mol. The van der Waals surface area contributed by atoms with Gasteiger partial charge in [0.15, 0.2) is 0 Å². The molecule has 3 aliphatic heterocycles. The number of aromatic amines is 2. The zero-order chi connectivity index (χ0) is 40.8. The molecule has 9 rings (SSSR count). The van der Waals surface area contributed by atoms with Gasteiger partial charge in [0.25, 0.3) is 0 Å². The average molecular weight is 788 g/mol. The molecule has 0 spiro atoms. The minimum atomic E-state index is -0.585. The molecular formula is C47H57N5O6. The molecule has 11 heteroatoms. The number of benzene rings is 3. The minimum Gasteiger partial charge on any atom is -0.445 e. The zero-order valence-electron chi connectivity index (χ0n) is 34.6. The van der Waals surface area contributed by atoms with Gasteiger partial charge in [-0.1, -0.05) is 66.7 Å². The maximum Gasteiger partial charge on any atom is 0.410 e. The highest BCUT2D eigenvalue weighted by atomic mass is 16.6. The third-order valence-corrected chi connectivity index (χ3v) is 12.2. The second-order valence-electron chi connectivity index (χ2n) is 18.3. The first-order valence-corrected chi connectivity index (χ1v) is 20.8. The molecule has 3 amide bonds. The first-order valence-electron chi connectivity index (χ1n) is 20.8. The second-order valence-corrected chi connectivity index (χ2v) is 18.3. The Bertz CT molecular complexity index is 2250. The van der Waals surface area contributed by atoms with Gasteiger partial charge < -0.3 is 38.9 Å². The Hall–Kier alpha value is -5.45. The molecule has 4 fully saturated rings. The highest BCUT2D eigenvalue weighted by Gasteiger charge is 2.54. The van der Waals surface area contributed by atoms with Crippen LogP contribution in [0.5, 0.6) is 0 Å². The molecule has 5 aromatic rings. The van der Waals surface area contributed by atoms with Crippen LogP contribution in [-0.4, -0.2) is 91.9 Å². The number of para-hydroxylation sites is 2. The summed E-state index contributed by atoms with van der Waals surface area (Å²) in [5, 5.41) is 2.40. The van der Waals surface area contributed by atoms with Crippen LogP contribution in [0.4, 0.5) is 14.4 Å². The van der Waals surface area contributed by atoms with Crippen molar-refractivity contribution in [1.82, 2.24) is 24.7 Å². The Balaban J connectivity index is 0.000000172. The first kappa shape index (κ1) is 39.4. The molecule has 3 aromatic carbocycles. The number of hydrogen-bond donors (Lipinski definition) is 2. The van der Waals surface area contributed by atoms with Gasteiger partial charge in [-0.05, 0) is 102 Å². The Kier molecular flexibility index (Phi) is 10.7. The number of aromatic nitrogens is 2. The topological polar surface area (TPSA) is 120 Å². The first-order chi connectivity index (χ1) is 27.8. The van der Waals surface area contributed by atoms with E-state index in [1.165, 1.54) is 22.9 Å². The largest absolute Gasteiger partial charge is 0.445 e. The number of carbonyl (C=O) groups excluding carboxylic acids is 3. The van der Waals surface area contributed by atoms with Crippen molar-refractivity contribution in [2.75, 3.05) is 19.6 Å². The number of hydrogen-bond acceptors (Lipinski definition) is 6. The number of nitrogens with one attached hydrogen (secondary N) is 2. The lowest BCUT2D eigenvalue weighted by Gasteiger charge is -2.31. The molecule has 1 saturated carbocycles. The highest BCUT2D eigenvalue weighted by molar-refractivity contribution is 5.85. The summed E-state index contributed by atoms with van der Waals surface area (Å²) in [5.74, 6) is 0.970. The molecule has 3 saturated heterocycles. The maximum atomic E-state index is 13.2. The number of amides is 3. The maximum absolute atomic E-state index is 13.2. The van der Waals surface area contributed by atoms with Gasteiger partial charge in [0.1, 0.15) is 17.8 Å². The summed E-state index contributed by atoms with van der Waals surface area (Å²) in [7, 11) is 0. The molecule has 58 heavy (non-hydrogen) atoms. The average Bonchev–Trinajstić information content (AvgIpc) is 4.03. The van der Waals surface area contributed by atoms with Crippen LogP contribution in [-0.2, 0) is 20.8 Å². The number of nitrogens with zero attached hydrogens (tertiary/aromatic N) is 3. The van der Waals surface area contributed by atoms with E-state index in [4.69, 9.17) is 14.2 Å². The quantitative estimate of drug-likeness (QED) is 0.175. The number of likely N-dealkylation sites (tertiary alicyclic amines) is 3. The van der Waals surface area contributed by atoms with Gasteiger partial charge in [-0.15, -0.1) is 0 Å². The lowest BCUT2D eigenvalue weighted by molar-refractivity contribution is 0.0197. The van der Waals surface area contributed by atoms with Crippen molar-refractivity contribution in [3.8, 4) is 0 Å². The summed E-state index contributed by atoms with van der Waals surface area (Å²) < 4.78 is 17.1. The zero-order valence-corrected chi connectivity index (χ0v) is 34.6. The molecule has 306 valence electrons. The fourth-order valence-corrected chi connectivity index (χ4v) is 9.89. The van der Waals surface area contributed by atoms with Crippen LogP contribution in [0, 0.1) is 5.92 Å². The summed E-state index contributed by atoms with van der Waals surface area (Å²) in [6.07, 6.45) is 7.48. The SMILES string of the molecule is CC(C)(C)OC(=O)N1CC[C@@H]2[C@H]1[C@@H](c1c[nH]c3ccccc13)CN2C(=O)OCc1ccccc1.CC(C)(C)OC(=O)N1CC[C@H]2CC[C@H](c3c[nH]c4ccccc34)[C@H]21. The van der Waals surface area contributed by atoms with Gasteiger partial charge in [-0.25, -0.2) is 14.4 Å². The number of carbonyl (C=O) groups is 3. The Labute approximate surface area is 341 Å². The number of ether oxygens (including phenoxy) is 3. The molecular weight excluding hydrogens is 731 g/mol. The normalized spacial score (nSPS) is 24.1. The lowest BCUT2D eigenvalue weighted by Crippen LogP contribution is -2.44. The second kappa shape index (κ2) is 15.7. The van der Waals surface area contributed by atoms with Gasteiger partial charge >= 0.3 is 18.3 Å². The molecule has 11 nitrogen and oxygen atoms in total. The molecule has 6 atom stereocenters. The molecule has 5 heterocycles. The molecule has 2 aromatic heterocycles. The van der Waals surface area contributed by atoms with Gasteiger partial charge in [0.05, 0.1) is 12.1 Å². The van der Waals surface area contributed by atoms with Crippen molar-refractivity contribution in [3.05, 3.63) is 108 Å². The Morgan fingerprint density at radius 2 is 1.14 bits per heavy atom. The van der Waals surface area contributed by atoms with E-state index in [0.717, 1.165) is 41.4 Å². The molecule has 2 N–H and O–H groups in total. The van der Waals surface area contributed by atoms with Crippen molar-refractivity contribution >= 4 is 40.1 Å². The van der Waals surface area contributed by atoms with Crippen LogP contribution in [0.15, 0.2) is 91.3 Å². The van der Waals surface area contributed by atoms with E-state index in [-0.39, 0.29) is 48.9 Å². The van der Waals surface area contributed by atoms with Crippen LogP contribution in [0.1, 0.15) is 95.8 Å². The standard InChI is InChI=1S/C27H31N3O4.C20H26N2O2/c1-27(2,3)34-26(32)29-14-13-23-24(29)21(20-15-28-22-12-8-7-11-19(20)22)16-30(23)25(31)33-17-18-9-5-4-6-10-18;1-20(2,3)24-19(23)22-11-10-13-8-9-15(18(13)22)16-12-21-17-7-5-4-6-14(16)17/h4-12,15,21,23-24,28H,13-14,16-17H2,1-3H3;4-7,12-13,15,18,21H,8-11H2,1-3H3/t21-,23-,24-;13-,15-,18+/m11/s1. The Morgan fingerprint density at radius 1 is 0.603 bits per heavy atom. The summed E-state index contributed by atoms with van der Waals surface area (Å²) >= 11 is 0. The van der Waals surface area contributed by atoms with Crippen molar-refractivity contribution in [3.63, 3.8) is 0 Å². The summed E-state index contributed by atoms with van der Waals surface area (Å²) in [5.41, 5.74) is 4.61.